The molecular formula is C35H31NO6. The smallest absolute Gasteiger partial charge is 0.330 e. The molecule has 212 valence electrons. The van der Waals surface area contributed by atoms with Crippen molar-refractivity contribution in [3.63, 3.8) is 0 Å². The molecule has 7 atom stereocenters. The molecular weight excluding hydrogens is 530 g/mol. The van der Waals surface area contributed by atoms with Crippen molar-refractivity contribution in [1.82, 2.24) is 4.90 Å². The number of hydrogen-bond acceptors (Lipinski definition) is 6. The van der Waals surface area contributed by atoms with Crippen LogP contribution in [-0.4, -0.2) is 41.1 Å². The van der Waals surface area contributed by atoms with Crippen LogP contribution in [0.2, 0.25) is 0 Å². The van der Waals surface area contributed by atoms with Crippen LogP contribution in [0.1, 0.15) is 27.9 Å². The van der Waals surface area contributed by atoms with Gasteiger partial charge in [-0.05, 0) is 65.5 Å². The van der Waals surface area contributed by atoms with Crippen molar-refractivity contribution in [3.8, 4) is 5.75 Å². The number of carbonyl (C=O) groups is 4. The lowest BCUT2D eigenvalue weighted by atomic mass is 9.63. The van der Waals surface area contributed by atoms with Gasteiger partial charge >= 0.3 is 5.97 Å². The molecule has 3 aromatic carbocycles. The first-order chi connectivity index (χ1) is 20.5. The van der Waals surface area contributed by atoms with Crippen LogP contribution in [0.4, 0.5) is 0 Å². The molecule has 5 aliphatic rings. The number of rotatable bonds is 10. The predicted molar refractivity (Wildman–Crippen MR) is 153 cm³/mol. The third-order valence-corrected chi connectivity index (χ3v) is 9.32. The van der Waals surface area contributed by atoms with Gasteiger partial charge in [-0.1, -0.05) is 72.8 Å². The van der Waals surface area contributed by atoms with Crippen molar-refractivity contribution in [2.45, 2.75) is 25.5 Å². The highest BCUT2D eigenvalue weighted by atomic mass is 16.5. The van der Waals surface area contributed by atoms with Crippen molar-refractivity contribution in [1.29, 1.82) is 0 Å². The van der Waals surface area contributed by atoms with Gasteiger partial charge in [0.2, 0.25) is 11.8 Å². The van der Waals surface area contributed by atoms with E-state index in [2.05, 4.69) is 12.2 Å². The van der Waals surface area contributed by atoms with Gasteiger partial charge in [0.05, 0.1) is 11.8 Å². The molecule has 4 aliphatic carbocycles. The maximum Gasteiger partial charge on any atom is 0.330 e. The first kappa shape index (κ1) is 26.4. The summed E-state index contributed by atoms with van der Waals surface area (Å²) >= 11 is 0. The standard InChI is InChI=1S/C35H31NO6/c37-30(23-11-13-24(14-12-23)41-19-22-9-5-2-6-10-22)20-42-35(40)29(17-21-7-3-1-4-8-21)36-33(38)31-25-15-16-26(28-18-27(25)28)32(31)34(36)39/h1-16,25-29,31-32H,17-20H2/t25-,26-,27-,28+,29-,31+,32+/m0/s1. The Morgan fingerprint density at radius 2 is 1.33 bits per heavy atom. The van der Waals surface area contributed by atoms with Crippen molar-refractivity contribution < 1.29 is 28.7 Å². The number of amides is 2. The van der Waals surface area contributed by atoms with E-state index in [0.29, 0.717) is 29.8 Å². The number of likely N-dealkylation sites (tertiary alicyclic amines) is 1. The maximum atomic E-state index is 13.8. The molecule has 2 saturated carbocycles. The summed E-state index contributed by atoms with van der Waals surface area (Å²) in [7, 11) is 0. The summed E-state index contributed by atoms with van der Waals surface area (Å²) in [6, 6.07) is 24.6. The van der Waals surface area contributed by atoms with Gasteiger partial charge in [0.15, 0.2) is 12.4 Å². The summed E-state index contributed by atoms with van der Waals surface area (Å²) in [6.07, 6.45) is 5.41. The van der Waals surface area contributed by atoms with E-state index in [4.69, 9.17) is 9.47 Å². The second-order valence-corrected chi connectivity index (χ2v) is 11.7. The van der Waals surface area contributed by atoms with Crippen LogP contribution in [0.5, 0.6) is 5.75 Å². The van der Waals surface area contributed by atoms with E-state index in [-0.39, 0.29) is 35.9 Å². The maximum absolute atomic E-state index is 13.8. The van der Waals surface area contributed by atoms with Crippen molar-refractivity contribution in [2.75, 3.05) is 6.61 Å². The van der Waals surface area contributed by atoms with Crippen LogP contribution in [0.25, 0.3) is 0 Å². The van der Waals surface area contributed by atoms with E-state index in [9.17, 15) is 19.2 Å². The second-order valence-electron chi connectivity index (χ2n) is 11.7. The molecule has 1 saturated heterocycles. The van der Waals surface area contributed by atoms with E-state index >= 15 is 0 Å². The SMILES string of the molecule is O=C(COC(=O)[C@H](Cc1ccccc1)N1C(=O)[C@@H]2[C@H]3C=C[C@@H]([C@@H]4C[C@H]34)[C@H]2C1=O)c1ccc(OCc2ccccc2)cc1. The lowest BCUT2D eigenvalue weighted by Crippen LogP contribution is -2.48. The molecule has 3 aromatic rings. The third kappa shape index (κ3) is 4.73. The van der Waals surface area contributed by atoms with Crippen molar-refractivity contribution in [2.24, 2.45) is 35.5 Å². The Bertz CT molecular complexity index is 1510. The van der Waals surface area contributed by atoms with Crippen LogP contribution in [0, 0.1) is 35.5 Å². The molecule has 1 heterocycles. The molecule has 0 N–H and O–H groups in total. The second kappa shape index (κ2) is 10.7. The number of ketones is 1. The number of ether oxygens (including phenoxy) is 2. The molecule has 0 radical (unpaired) electrons. The number of allylic oxidation sites excluding steroid dienone is 2. The van der Waals surface area contributed by atoms with E-state index in [1.807, 2.05) is 60.7 Å². The number of benzene rings is 3. The highest BCUT2D eigenvalue weighted by Gasteiger charge is 2.68. The van der Waals surface area contributed by atoms with Gasteiger partial charge in [-0.2, -0.15) is 0 Å². The minimum atomic E-state index is -1.13. The summed E-state index contributed by atoms with van der Waals surface area (Å²) in [6.45, 7) is -0.0859. The zero-order valence-corrected chi connectivity index (χ0v) is 23.0. The van der Waals surface area contributed by atoms with Crippen molar-refractivity contribution in [3.05, 3.63) is 114 Å². The summed E-state index contributed by atoms with van der Waals surface area (Å²) in [5, 5.41) is 0. The summed E-state index contributed by atoms with van der Waals surface area (Å²) < 4.78 is 11.3. The first-order valence-corrected chi connectivity index (χ1v) is 14.6. The first-order valence-electron chi connectivity index (χ1n) is 14.6. The molecule has 8 rings (SSSR count). The lowest BCUT2D eigenvalue weighted by Gasteiger charge is -2.37. The quantitative estimate of drug-likeness (QED) is 0.155. The van der Waals surface area contributed by atoms with Gasteiger partial charge in [0.1, 0.15) is 18.4 Å². The fourth-order valence-corrected chi connectivity index (χ4v) is 7.20. The summed E-state index contributed by atoms with van der Waals surface area (Å²) in [4.78, 5) is 55.2. The topological polar surface area (TPSA) is 90.0 Å². The molecule has 2 amide bonds. The number of imide groups is 1. The Balaban J connectivity index is 1.04. The van der Waals surface area contributed by atoms with Crippen LogP contribution < -0.4 is 4.74 Å². The molecule has 0 aromatic heterocycles. The molecule has 3 fully saturated rings. The predicted octanol–water partition coefficient (Wildman–Crippen LogP) is 4.66. The normalized spacial score (nSPS) is 27.3. The van der Waals surface area contributed by atoms with Gasteiger partial charge in [0, 0.05) is 12.0 Å². The van der Waals surface area contributed by atoms with Gasteiger partial charge in [0.25, 0.3) is 0 Å². The summed E-state index contributed by atoms with van der Waals surface area (Å²) in [5.74, 6) is -0.873. The molecule has 7 nitrogen and oxygen atoms in total. The Kier molecular flexibility index (Phi) is 6.73. The number of carbonyl (C=O) groups excluding carboxylic acids is 4. The Hall–Kier alpha value is -4.52. The van der Waals surface area contributed by atoms with Crippen molar-refractivity contribution >= 4 is 23.6 Å². The number of esters is 1. The average molecular weight is 562 g/mol. The van der Waals surface area contributed by atoms with Gasteiger partial charge in [-0.25, -0.2) is 4.79 Å². The van der Waals surface area contributed by atoms with E-state index < -0.39 is 30.5 Å². The van der Waals surface area contributed by atoms with E-state index in [0.717, 1.165) is 22.4 Å². The number of hydrogen-bond donors (Lipinski definition) is 0. The van der Waals surface area contributed by atoms with Gasteiger partial charge in [-0.3, -0.25) is 19.3 Å². The minimum absolute atomic E-state index is 0.0565. The highest BCUT2D eigenvalue weighted by Crippen LogP contribution is 2.65. The number of Topliss-reactive ketones (excluding diaryl/α,β-unsaturated/α-hetero) is 1. The molecule has 0 unspecified atom stereocenters. The van der Waals surface area contributed by atoms with Crippen LogP contribution in [0.15, 0.2) is 97.1 Å². The third-order valence-electron chi connectivity index (χ3n) is 9.32. The average Bonchev–Trinajstić information content (AvgIpc) is 3.81. The Morgan fingerprint density at radius 1 is 0.762 bits per heavy atom. The minimum Gasteiger partial charge on any atom is -0.489 e. The fraction of sp³-hybridized carbons (Fsp3) is 0.314. The van der Waals surface area contributed by atoms with Crippen LogP contribution in [0.3, 0.4) is 0 Å². The molecule has 1 aliphatic heterocycles. The molecule has 0 spiro atoms. The number of nitrogens with zero attached hydrogens (tertiary/aromatic N) is 1. The monoisotopic (exact) mass is 561 g/mol. The van der Waals surface area contributed by atoms with Crippen LogP contribution in [-0.2, 0) is 32.1 Å². The van der Waals surface area contributed by atoms with E-state index in [1.165, 1.54) is 0 Å². The molecule has 42 heavy (non-hydrogen) atoms. The lowest BCUT2D eigenvalue weighted by molar-refractivity contribution is -0.158. The highest BCUT2D eigenvalue weighted by molar-refractivity contribution is 6.09. The largest absolute Gasteiger partial charge is 0.489 e. The zero-order valence-electron chi connectivity index (χ0n) is 23.0. The Labute approximate surface area is 244 Å². The van der Waals surface area contributed by atoms with E-state index in [1.54, 1.807) is 24.3 Å². The molecule has 2 bridgehead atoms. The molecule has 7 heteroatoms. The van der Waals surface area contributed by atoms with Gasteiger partial charge in [-0.15, -0.1) is 0 Å². The van der Waals surface area contributed by atoms with Gasteiger partial charge < -0.3 is 9.47 Å². The Morgan fingerprint density at radius 3 is 1.93 bits per heavy atom. The summed E-state index contributed by atoms with van der Waals surface area (Å²) in [5.41, 5.74) is 2.21. The fourth-order valence-electron chi connectivity index (χ4n) is 7.20. The zero-order chi connectivity index (χ0) is 28.8. The van der Waals surface area contributed by atoms with Crippen LogP contribution >= 0.6 is 0 Å².